The summed E-state index contributed by atoms with van der Waals surface area (Å²) in [5.41, 5.74) is -2.14. The van der Waals surface area contributed by atoms with Crippen molar-refractivity contribution in [2.45, 2.75) is 33.8 Å². The molecule has 0 bridgehead atoms. The Labute approximate surface area is 112 Å². The Morgan fingerprint density at radius 1 is 0.900 bits per heavy atom. The lowest BCUT2D eigenvalue weighted by molar-refractivity contribution is 0.00359. The maximum absolute atomic E-state index is 13.4. The fraction of sp³-hybridized carbons (Fsp3) is 0.462. The molecule has 1 unspecified atom stereocenters. The van der Waals surface area contributed by atoms with Gasteiger partial charge in [0.2, 0.25) is 5.82 Å². The summed E-state index contributed by atoms with van der Waals surface area (Å²) < 4.78 is 70.3. The van der Waals surface area contributed by atoms with Crippen molar-refractivity contribution in [1.82, 2.24) is 0 Å². The van der Waals surface area contributed by atoms with Gasteiger partial charge < -0.3 is 4.74 Å². The van der Waals surface area contributed by atoms with Gasteiger partial charge in [-0.3, -0.25) is 0 Å². The summed E-state index contributed by atoms with van der Waals surface area (Å²) >= 11 is 0. The minimum atomic E-state index is -2.32. The summed E-state index contributed by atoms with van der Waals surface area (Å²) in [7, 11) is 0. The Balaban J connectivity index is 3.25. The Kier molecular flexibility index (Phi) is 4.41. The highest BCUT2D eigenvalue weighted by atomic mass is 19.2. The first-order valence-corrected chi connectivity index (χ1v) is 5.70. The Hall–Kier alpha value is -1.66. The lowest BCUT2D eigenvalue weighted by Crippen LogP contribution is -2.29. The second-order valence-corrected chi connectivity index (χ2v) is 5.36. The summed E-state index contributed by atoms with van der Waals surface area (Å²) in [6.45, 7) is 6.50. The van der Waals surface area contributed by atoms with Crippen LogP contribution >= 0.6 is 0 Å². The van der Waals surface area contributed by atoms with Gasteiger partial charge in [0.15, 0.2) is 23.3 Å². The highest BCUT2D eigenvalue weighted by Crippen LogP contribution is 2.27. The van der Waals surface area contributed by atoms with Crippen LogP contribution in [0.5, 0.6) is 0 Å². The van der Waals surface area contributed by atoms with Gasteiger partial charge in [-0.1, -0.05) is 20.8 Å². The summed E-state index contributed by atoms with van der Waals surface area (Å²) in [5.74, 6) is -12.7. The number of halogens is 5. The van der Waals surface area contributed by atoms with Gasteiger partial charge in [0.25, 0.3) is 0 Å². The molecule has 0 aliphatic carbocycles. The van der Waals surface area contributed by atoms with E-state index in [1.165, 1.54) is 6.92 Å². The van der Waals surface area contributed by atoms with Gasteiger partial charge in [-0.2, -0.15) is 0 Å². The summed E-state index contributed by atoms with van der Waals surface area (Å²) in [5, 5.41) is 0. The Morgan fingerprint density at radius 3 is 1.60 bits per heavy atom. The molecule has 0 saturated heterocycles. The molecule has 2 nitrogen and oxygen atoms in total. The Morgan fingerprint density at radius 2 is 1.25 bits per heavy atom. The number of ether oxygens (including phenoxy) is 1. The van der Waals surface area contributed by atoms with E-state index in [0.29, 0.717) is 0 Å². The van der Waals surface area contributed by atoms with Crippen molar-refractivity contribution in [2.75, 3.05) is 0 Å². The van der Waals surface area contributed by atoms with Gasteiger partial charge in [-0.05, 0) is 12.3 Å². The van der Waals surface area contributed by atoms with Crippen molar-refractivity contribution in [3.63, 3.8) is 0 Å². The van der Waals surface area contributed by atoms with Gasteiger partial charge in [0.1, 0.15) is 11.7 Å². The number of carbonyl (C=O) groups excluding carboxylic acids is 1. The number of hydrogen-bond acceptors (Lipinski definition) is 2. The molecule has 0 amide bonds. The van der Waals surface area contributed by atoms with Crippen LogP contribution in [0.3, 0.4) is 0 Å². The monoisotopic (exact) mass is 296 g/mol. The van der Waals surface area contributed by atoms with Crippen LogP contribution in [0.4, 0.5) is 22.0 Å². The van der Waals surface area contributed by atoms with E-state index in [0.717, 1.165) is 0 Å². The van der Waals surface area contributed by atoms with Gasteiger partial charge >= 0.3 is 5.97 Å². The third kappa shape index (κ3) is 2.91. The van der Waals surface area contributed by atoms with E-state index < -0.39 is 52.1 Å². The van der Waals surface area contributed by atoms with Gasteiger partial charge in [0, 0.05) is 0 Å². The van der Waals surface area contributed by atoms with Crippen molar-refractivity contribution in [2.24, 2.45) is 5.41 Å². The number of esters is 1. The van der Waals surface area contributed by atoms with E-state index in [-0.39, 0.29) is 0 Å². The molecule has 0 fully saturated rings. The molecule has 0 aliphatic heterocycles. The first kappa shape index (κ1) is 16.4. The molecular formula is C13H13F5O2. The largest absolute Gasteiger partial charge is 0.458 e. The van der Waals surface area contributed by atoms with Crippen LogP contribution in [0.2, 0.25) is 0 Å². The van der Waals surface area contributed by atoms with Crippen molar-refractivity contribution in [3.05, 3.63) is 34.6 Å². The van der Waals surface area contributed by atoms with Crippen LogP contribution in [0, 0.1) is 34.5 Å². The lowest BCUT2D eigenvalue weighted by Gasteiger charge is -2.27. The number of hydrogen-bond donors (Lipinski definition) is 0. The zero-order valence-electron chi connectivity index (χ0n) is 11.3. The number of rotatable bonds is 2. The van der Waals surface area contributed by atoms with Crippen LogP contribution in [-0.4, -0.2) is 12.1 Å². The molecule has 0 spiro atoms. The van der Waals surface area contributed by atoms with E-state index >= 15 is 0 Å². The second-order valence-electron chi connectivity index (χ2n) is 5.36. The predicted octanol–water partition coefficient (Wildman–Crippen LogP) is 3.97. The van der Waals surface area contributed by atoms with Gasteiger partial charge in [-0.25, -0.2) is 26.7 Å². The fourth-order valence-corrected chi connectivity index (χ4v) is 1.18. The minimum absolute atomic E-state index is 0.556. The van der Waals surface area contributed by atoms with Crippen LogP contribution in [-0.2, 0) is 4.74 Å². The zero-order chi connectivity index (χ0) is 15.8. The third-order valence-electron chi connectivity index (χ3n) is 2.92. The molecule has 20 heavy (non-hydrogen) atoms. The zero-order valence-corrected chi connectivity index (χ0v) is 11.3. The quantitative estimate of drug-likeness (QED) is 0.357. The molecular weight excluding hydrogens is 283 g/mol. The van der Waals surface area contributed by atoms with Gasteiger partial charge in [-0.15, -0.1) is 0 Å². The number of benzene rings is 1. The predicted molar refractivity (Wildman–Crippen MR) is 60.6 cm³/mol. The lowest BCUT2D eigenvalue weighted by atomic mass is 9.90. The van der Waals surface area contributed by atoms with Crippen LogP contribution in [0.25, 0.3) is 0 Å². The fourth-order valence-electron chi connectivity index (χ4n) is 1.18. The van der Waals surface area contributed by atoms with E-state index in [2.05, 4.69) is 0 Å². The maximum Gasteiger partial charge on any atom is 0.344 e. The third-order valence-corrected chi connectivity index (χ3v) is 2.92. The first-order valence-electron chi connectivity index (χ1n) is 5.70. The maximum atomic E-state index is 13.4. The molecule has 0 N–H and O–H groups in total. The number of carbonyl (C=O) groups is 1. The smallest absolute Gasteiger partial charge is 0.344 e. The normalized spacial score (nSPS) is 13.2. The van der Waals surface area contributed by atoms with Crippen LogP contribution in [0.15, 0.2) is 0 Å². The molecule has 0 aliphatic rings. The van der Waals surface area contributed by atoms with E-state index in [1.807, 2.05) is 0 Å². The Bertz CT molecular complexity index is 520. The average Bonchev–Trinajstić information content (AvgIpc) is 2.33. The van der Waals surface area contributed by atoms with Crippen LogP contribution in [0.1, 0.15) is 38.1 Å². The molecule has 7 heteroatoms. The standard InChI is InChI=1S/C13H13F5O2/c1-5(13(2,3)4)20-12(19)6-7(14)9(16)11(18)10(17)8(6)15/h5H,1-4H3. The summed E-state index contributed by atoms with van der Waals surface area (Å²) in [6, 6.07) is 0. The second kappa shape index (κ2) is 5.38. The highest BCUT2D eigenvalue weighted by Gasteiger charge is 2.33. The van der Waals surface area contributed by atoms with E-state index in [1.54, 1.807) is 20.8 Å². The van der Waals surface area contributed by atoms with Crippen molar-refractivity contribution in [1.29, 1.82) is 0 Å². The summed E-state index contributed by atoms with van der Waals surface area (Å²) in [4.78, 5) is 11.6. The summed E-state index contributed by atoms with van der Waals surface area (Å²) in [6.07, 6.45) is -0.787. The van der Waals surface area contributed by atoms with Crippen molar-refractivity contribution < 1.29 is 31.5 Å². The molecule has 1 rings (SSSR count). The molecule has 0 radical (unpaired) electrons. The van der Waals surface area contributed by atoms with E-state index in [9.17, 15) is 26.7 Å². The average molecular weight is 296 g/mol. The van der Waals surface area contributed by atoms with E-state index in [4.69, 9.17) is 4.74 Å². The molecule has 0 heterocycles. The highest BCUT2D eigenvalue weighted by molar-refractivity contribution is 5.90. The molecule has 0 saturated carbocycles. The molecule has 112 valence electrons. The van der Waals surface area contributed by atoms with Crippen molar-refractivity contribution >= 4 is 5.97 Å². The van der Waals surface area contributed by atoms with Gasteiger partial charge in [0.05, 0.1) is 0 Å². The van der Waals surface area contributed by atoms with Crippen molar-refractivity contribution in [3.8, 4) is 0 Å². The molecule has 1 atom stereocenters. The van der Waals surface area contributed by atoms with Crippen LogP contribution < -0.4 is 0 Å². The molecule has 1 aromatic rings. The first-order chi connectivity index (χ1) is 8.98. The SMILES string of the molecule is CC(OC(=O)c1c(F)c(F)c(F)c(F)c1F)C(C)(C)C. The molecule has 1 aromatic carbocycles. The molecule has 0 aromatic heterocycles. The minimum Gasteiger partial charge on any atom is -0.458 e. The topological polar surface area (TPSA) is 26.3 Å².